The molecule has 1 aromatic carbocycles. The van der Waals surface area contributed by atoms with Crippen molar-refractivity contribution in [3.63, 3.8) is 0 Å². The van der Waals surface area contributed by atoms with Gasteiger partial charge in [-0.2, -0.15) is 4.68 Å². The minimum absolute atomic E-state index is 0.124. The van der Waals surface area contributed by atoms with Crippen molar-refractivity contribution in [2.75, 3.05) is 19.7 Å². The highest BCUT2D eigenvalue weighted by Crippen LogP contribution is 2.13. The number of tetrazole rings is 1. The number of rotatable bonds is 8. The molecule has 0 spiro atoms. The number of hydrogen-bond acceptors (Lipinski definition) is 6. The molecule has 0 saturated heterocycles. The van der Waals surface area contributed by atoms with Crippen LogP contribution in [0.3, 0.4) is 0 Å². The average molecular weight is 369 g/mol. The summed E-state index contributed by atoms with van der Waals surface area (Å²) in [6.07, 6.45) is 1.61. The van der Waals surface area contributed by atoms with E-state index in [0.717, 1.165) is 11.1 Å². The highest BCUT2D eigenvalue weighted by atomic mass is 16.5. The van der Waals surface area contributed by atoms with Crippen LogP contribution in [0.5, 0.6) is 0 Å². The molecule has 0 saturated carbocycles. The van der Waals surface area contributed by atoms with Crippen molar-refractivity contribution in [1.29, 1.82) is 0 Å². The number of carbonyl (C=O) groups is 2. The first kappa shape index (κ1) is 20.0. The number of amides is 1. The second kappa shape index (κ2) is 9.42. The van der Waals surface area contributed by atoms with Gasteiger partial charge in [0.1, 0.15) is 0 Å². The Labute approximate surface area is 158 Å². The van der Waals surface area contributed by atoms with Crippen LogP contribution < -0.4 is 0 Å². The summed E-state index contributed by atoms with van der Waals surface area (Å²) in [6, 6.07) is 9.24. The van der Waals surface area contributed by atoms with Crippen LogP contribution in [0.15, 0.2) is 42.5 Å². The van der Waals surface area contributed by atoms with Crippen molar-refractivity contribution in [3.05, 3.63) is 53.9 Å². The van der Waals surface area contributed by atoms with Crippen LogP contribution in [0.1, 0.15) is 25.2 Å². The van der Waals surface area contributed by atoms with Crippen LogP contribution >= 0.6 is 0 Å². The number of esters is 1. The molecule has 8 heteroatoms. The fourth-order valence-electron chi connectivity index (χ4n) is 2.36. The van der Waals surface area contributed by atoms with E-state index in [4.69, 9.17) is 4.74 Å². The van der Waals surface area contributed by atoms with Gasteiger partial charge in [0, 0.05) is 13.1 Å². The molecular formula is C19H23N5O3. The van der Waals surface area contributed by atoms with Gasteiger partial charge >= 0.3 is 5.97 Å². The van der Waals surface area contributed by atoms with Crippen LogP contribution in [-0.4, -0.2) is 56.7 Å². The average Bonchev–Trinajstić information content (AvgIpc) is 3.08. The number of aromatic nitrogens is 4. The molecule has 2 rings (SSSR count). The zero-order valence-corrected chi connectivity index (χ0v) is 15.8. The first-order valence-electron chi connectivity index (χ1n) is 8.53. The minimum atomic E-state index is -0.686. The molecule has 0 aliphatic heterocycles. The van der Waals surface area contributed by atoms with E-state index in [2.05, 4.69) is 22.1 Å². The van der Waals surface area contributed by atoms with Crippen LogP contribution in [0.4, 0.5) is 0 Å². The molecule has 0 aliphatic carbocycles. The number of ether oxygens (including phenoxy) is 1. The monoisotopic (exact) mass is 369 g/mol. The summed E-state index contributed by atoms with van der Waals surface area (Å²) in [7, 11) is 0. The number of carbonyl (C=O) groups excluding carboxylic acids is 2. The summed E-state index contributed by atoms with van der Waals surface area (Å²) in [6.45, 7) is 9.72. The van der Waals surface area contributed by atoms with Gasteiger partial charge in [0.05, 0.1) is 0 Å². The molecule has 1 aromatic heterocycles. The molecule has 0 aliphatic rings. The van der Waals surface area contributed by atoms with Gasteiger partial charge in [0.2, 0.25) is 0 Å². The molecule has 1 heterocycles. The fourth-order valence-corrected chi connectivity index (χ4v) is 2.36. The first-order valence-corrected chi connectivity index (χ1v) is 8.53. The topological polar surface area (TPSA) is 90.2 Å². The standard InChI is InChI=1S/C19H23N5O3/c1-5-23(12-14(2)3)18(25)13-27-19(26)17(24-15(4)20-21-22-24)11-16-9-7-6-8-10-16/h6-11H,2,5,12-13H2,1,3-4H3/b17-11-. The maximum atomic E-state index is 12.6. The molecular weight excluding hydrogens is 346 g/mol. The fraction of sp³-hybridized carbons (Fsp3) is 0.316. The zero-order chi connectivity index (χ0) is 19.8. The SMILES string of the molecule is C=C(C)CN(CC)C(=O)COC(=O)/C(=C/c1ccccc1)n1nnnc1C. The Morgan fingerprint density at radius 1 is 1.30 bits per heavy atom. The normalized spacial score (nSPS) is 11.1. The van der Waals surface area contributed by atoms with Gasteiger partial charge in [-0.05, 0) is 42.8 Å². The molecule has 142 valence electrons. The Bertz CT molecular complexity index is 842. The Morgan fingerprint density at radius 3 is 2.56 bits per heavy atom. The van der Waals surface area contributed by atoms with Crippen LogP contribution in [-0.2, 0) is 14.3 Å². The van der Waals surface area contributed by atoms with Gasteiger partial charge in [-0.15, -0.1) is 5.10 Å². The summed E-state index contributed by atoms with van der Waals surface area (Å²) in [5.41, 5.74) is 1.76. The van der Waals surface area contributed by atoms with Crippen molar-refractivity contribution in [2.45, 2.75) is 20.8 Å². The minimum Gasteiger partial charge on any atom is -0.451 e. The first-order chi connectivity index (χ1) is 12.9. The Morgan fingerprint density at radius 2 is 2.00 bits per heavy atom. The van der Waals surface area contributed by atoms with Gasteiger partial charge in [-0.25, -0.2) is 4.79 Å². The molecule has 2 aromatic rings. The van der Waals surface area contributed by atoms with Gasteiger partial charge in [0.25, 0.3) is 5.91 Å². The largest absolute Gasteiger partial charge is 0.451 e. The van der Waals surface area contributed by atoms with E-state index in [0.29, 0.717) is 18.9 Å². The summed E-state index contributed by atoms with van der Waals surface area (Å²) >= 11 is 0. The Kier molecular flexibility index (Phi) is 6.99. The highest BCUT2D eigenvalue weighted by Gasteiger charge is 2.20. The Hall–Kier alpha value is -3.29. The summed E-state index contributed by atoms with van der Waals surface area (Å²) in [4.78, 5) is 26.5. The van der Waals surface area contributed by atoms with E-state index < -0.39 is 5.97 Å². The smallest absolute Gasteiger partial charge is 0.357 e. The quantitative estimate of drug-likeness (QED) is 0.401. The van der Waals surface area contributed by atoms with Gasteiger partial charge in [0.15, 0.2) is 18.1 Å². The van der Waals surface area contributed by atoms with E-state index in [1.807, 2.05) is 44.2 Å². The second-order valence-corrected chi connectivity index (χ2v) is 6.02. The lowest BCUT2D eigenvalue weighted by molar-refractivity contribution is -0.147. The molecule has 0 radical (unpaired) electrons. The van der Waals surface area contributed by atoms with E-state index in [9.17, 15) is 9.59 Å². The number of likely N-dealkylation sites (N-methyl/N-ethyl adjacent to an activating group) is 1. The predicted molar refractivity (Wildman–Crippen MR) is 101 cm³/mol. The van der Waals surface area contributed by atoms with E-state index >= 15 is 0 Å². The summed E-state index contributed by atoms with van der Waals surface area (Å²) in [5, 5.41) is 11.2. The van der Waals surface area contributed by atoms with Crippen molar-refractivity contribution >= 4 is 23.6 Å². The number of hydrogen-bond donors (Lipinski definition) is 0. The molecule has 0 N–H and O–H groups in total. The lowest BCUT2D eigenvalue weighted by Gasteiger charge is -2.20. The van der Waals surface area contributed by atoms with Crippen molar-refractivity contribution < 1.29 is 14.3 Å². The highest BCUT2D eigenvalue weighted by molar-refractivity contribution is 6.15. The molecule has 0 bridgehead atoms. The lowest BCUT2D eigenvalue weighted by atomic mass is 10.2. The van der Waals surface area contributed by atoms with Crippen molar-refractivity contribution in [2.24, 2.45) is 0 Å². The third kappa shape index (κ3) is 5.60. The lowest BCUT2D eigenvalue weighted by Crippen LogP contribution is -2.35. The van der Waals surface area contributed by atoms with E-state index in [-0.39, 0.29) is 18.2 Å². The summed E-state index contributed by atoms with van der Waals surface area (Å²) < 4.78 is 6.52. The molecule has 0 fully saturated rings. The van der Waals surface area contributed by atoms with Crippen LogP contribution in [0.25, 0.3) is 11.8 Å². The maximum absolute atomic E-state index is 12.6. The molecule has 27 heavy (non-hydrogen) atoms. The number of aryl methyl sites for hydroxylation is 1. The number of benzene rings is 1. The van der Waals surface area contributed by atoms with Crippen LogP contribution in [0.2, 0.25) is 0 Å². The van der Waals surface area contributed by atoms with Crippen LogP contribution in [0, 0.1) is 6.92 Å². The van der Waals surface area contributed by atoms with Gasteiger partial charge < -0.3 is 9.64 Å². The van der Waals surface area contributed by atoms with Crippen molar-refractivity contribution in [3.8, 4) is 0 Å². The number of nitrogens with zero attached hydrogens (tertiary/aromatic N) is 5. The maximum Gasteiger partial charge on any atom is 0.357 e. The van der Waals surface area contributed by atoms with E-state index in [1.165, 1.54) is 4.68 Å². The molecule has 1 amide bonds. The third-order valence-electron chi connectivity index (χ3n) is 3.69. The zero-order valence-electron chi connectivity index (χ0n) is 15.8. The predicted octanol–water partition coefficient (Wildman–Crippen LogP) is 1.95. The van der Waals surface area contributed by atoms with Crippen molar-refractivity contribution in [1.82, 2.24) is 25.1 Å². The van der Waals surface area contributed by atoms with Gasteiger partial charge in [-0.1, -0.05) is 42.5 Å². The molecule has 8 nitrogen and oxygen atoms in total. The Balaban J connectivity index is 2.18. The third-order valence-corrected chi connectivity index (χ3v) is 3.69. The molecule has 0 atom stereocenters. The van der Waals surface area contributed by atoms with Gasteiger partial charge in [-0.3, -0.25) is 4.79 Å². The molecule has 0 unspecified atom stereocenters. The van der Waals surface area contributed by atoms with E-state index in [1.54, 1.807) is 17.9 Å². The summed E-state index contributed by atoms with van der Waals surface area (Å²) in [5.74, 6) is -0.548. The second-order valence-electron chi connectivity index (χ2n) is 6.02.